The van der Waals surface area contributed by atoms with Crippen LogP contribution in [0.2, 0.25) is 0 Å². The Hall–Kier alpha value is -2.62. The largest absolute Gasteiger partial charge is 0.370 e. The molecule has 0 fully saturated rings. The Balaban J connectivity index is 2.64. The molecule has 1 aromatic rings. The number of nitro groups is 1. The predicted molar refractivity (Wildman–Crippen MR) is 65.4 cm³/mol. The van der Waals surface area contributed by atoms with Gasteiger partial charge in [0.1, 0.15) is 12.4 Å². The van der Waals surface area contributed by atoms with Gasteiger partial charge in [-0.15, -0.1) is 0 Å². The monoisotopic (exact) mass is 303 g/mol. The summed E-state index contributed by atoms with van der Waals surface area (Å²) in [7, 11) is 0. The van der Waals surface area contributed by atoms with Crippen molar-refractivity contribution in [2.45, 2.75) is 0 Å². The quantitative estimate of drug-likeness (QED) is 0.420. The molecule has 0 atom stereocenters. The van der Waals surface area contributed by atoms with Crippen molar-refractivity contribution in [3.05, 3.63) is 39.4 Å². The normalized spacial score (nSPS) is 10.2. The molecule has 0 radical (unpaired) electrons. The number of hydrogen-bond donors (Lipinski definition) is 2. The van der Waals surface area contributed by atoms with Crippen LogP contribution in [0.1, 0.15) is 10.4 Å². The second-order valence-electron chi connectivity index (χ2n) is 3.82. The molecule has 114 valence electrons. The lowest BCUT2D eigenvalue weighted by Crippen LogP contribution is -2.29. The van der Waals surface area contributed by atoms with Gasteiger partial charge in [0.15, 0.2) is 0 Å². The van der Waals surface area contributed by atoms with Crippen LogP contribution in [0, 0.1) is 21.7 Å². The second kappa shape index (κ2) is 7.24. The summed E-state index contributed by atoms with van der Waals surface area (Å²) >= 11 is 0. The summed E-state index contributed by atoms with van der Waals surface area (Å²) in [6.45, 7) is -0.480. The molecule has 0 bridgehead atoms. The lowest BCUT2D eigenvalue weighted by molar-refractivity contribution is -0.387. The standard InChI is InChI=1S/C11H11F2N3O5/c12-7-4-9(16(19)20)8(13)3-6(7)11(18)15-1-2-21-5-10(14)17/h3-4H,1-2,5H2,(H2,14,17)(H,15,18). The first-order valence-corrected chi connectivity index (χ1v) is 5.60. The smallest absolute Gasteiger partial charge is 0.307 e. The van der Waals surface area contributed by atoms with Crippen LogP contribution in [0.3, 0.4) is 0 Å². The van der Waals surface area contributed by atoms with Crippen LogP contribution in [0.5, 0.6) is 0 Å². The summed E-state index contributed by atoms with van der Waals surface area (Å²) in [5, 5.41) is 12.6. The van der Waals surface area contributed by atoms with Gasteiger partial charge in [-0.3, -0.25) is 19.7 Å². The Kier molecular flexibility index (Phi) is 5.67. The third-order valence-corrected chi connectivity index (χ3v) is 2.25. The summed E-state index contributed by atoms with van der Waals surface area (Å²) in [5.41, 5.74) is 3.07. The molecule has 10 heteroatoms. The highest BCUT2D eigenvalue weighted by atomic mass is 19.1. The van der Waals surface area contributed by atoms with Crippen molar-refractivity contribution in [3.8, 4) is 0 Å². The van der Waals surface area contributed by atoms with Crippen LogP contribution < -0.4 is 11.1 Å². The summed E-state index contributed by atoms with van der Waals surface area (Å²) in [5.74, 6) is -4.20. The minimum atomic E-state index is -1.32. The second-order valence-corrected chi connectivity index (χ2v) is 3.82. The zero-order valence-electron chi connectivity index (χ0n) is 10.6. The molecule has 0 aliphatic heterocycles. The first-order chi connectivity index (χ1) is 9.82. The van der Waals surface area contributed by atoms with Crippen LogP contribution in [0.25, 0.3) is 0 Å². The first-order valence-electron chi connectivity index (χ1n) is 5.60. The van der Waals surface area contributed by atoms with E-state index in [4.69, 9.17) is 10.5 Å². The summed E-state index contributed by atoms with van der Waals surface area (Å²) < 4.78 is 31.5. The maximum Gasteiger partial charge on any atom is 0.307 e. The number of nitrogens with two attached hydrogens (primary N) is 1. The van der Waals surface area contributed by atoms with Gasteiger partial charge >= 0.3 is 5.69 Å². The number of carbonyl (C=O) groups is 2. The Morgan fingerprint density at radius 2 is 2.00 bits per heavy atom. The highest BCUT2D eigenvalue weighted by Crippen LogP contribution is 2.21. The van der Waals surface area contributed by atoms with Crippen LogP contribution in [-0.2, 0) is 9.53 Å². The van der Waals surface area contributed by atoms with Gasteiger partial charge in [0.25, 0.3) is 5.91 Å². The third-order valence-electron chi connectivity index (χ3n) is 2.25. The van der Waals surface area contributed by atoms with Gasteiger partial charge in [-0.05, 0) is 6.07 Å². The number of rotatable bonds is 7. The molecular weight excluding hydrogens is 292 g/mol. The van der Waals surface area contributed by atoms with E-state index in [1.807, 2.05) is 0 Å². The average molecular weight is 303 g/mol. The molecule has 0 unspecified atom stereocenters. The zero-order valence-corrected chi connectivity index (χ0v) is 10.6. The van der Waals surface area contributed by atoms with Crippen molar-refractivity contribution in [3.63, 3.8) is 0 Å². The van der Waals surface area contributed by atoms with Gasteiger partial charge in [-0.1, -0.05) is 0 Å². The fourth-order valence-corrected chi connectivity index (χ4v) is 1.35. The van der Waals surface area contributed by atoms with Crippen molar-refractivity contribution < 1.29 is 28.0 Å². The van der Waals surface area contributed by atoms with Crippen molar-refractivity contribution in [1.82, 2.24) is 5.32 Å². The SMILES string of the molecule is NC(=O)COCCNC(=O)c1cc(F)c([N+](=O)[O-])cc1F. The maximum absolute atomic E-state index is 13.5. The Morgan fingerprint density at radius 1 is 1.33 bits per heavy atom. The number of nitro benzene ring substituents is 1. The number of nitrogens with one attached hydrogen (secondary N) is 1. The molecule has 21 heavy (non-hydrogen) atoms. The van der Waals surface area contributed by atoms with Crippen LogP contribution in [0.15, 0.2) is 12.1 Å². The van der Waals surface area contributed by atoms with Crippen molar-refractivity contribution >= 4 is 17.5 Å². The fourth-order valence-electron chi connectivity index (χ4n) is 1.35. The van der Waals surface area contributed by atoms with E-state index in [9.17, 15) is 28.5 Å². The molecule has 2 amide bonds. The lowest BCUT2D eigenvalue weighted by Gasteiger charge is -2.06. The molecule has 0 aliphatic rings. The molecule has 0 aliphatic carbocycles. The third kappa shape index (κ3) is 4.76. The van der Waals surface area contributed by atoms with Crippen molar-refractivity contribution in [1.29, 1.82) is 0 Å². The van der Waals surface area contributed by atoms with E-state index in [0.29, 0.717) is 12.1 Å². The van der Waals surface area contributed by atoms with Gasteiger partial charge in [0.2, 0.25) is 11.7 Å². The highest BCUT2D eigenvalue weighted by molar-refractivity contribution is 5.94. The number of hydrogen-bond acceptors (Lipinski definition) is 5. The van der Waals surface area contributed by atoms with Gasteiger partial charge in [-0.2, -0.15) is 4.39 Å². The molecule has 0 saturated heterocycles. The maximum atomic E-state index is 13.5. The van der Waals surface area contributed by atoms with E-state index in [-0.39, 0.29) is 19.8 Å². The van der Waals surface area contributed by atoms with Gasteiger partial charge < -0.3 is 15.8 Å². The molecule has 1 aromatic carbocycles. The Labute approximate surface area is 117 Å². The first kappa shape index (κ1) is 16.4. The van der Waals surface area contributed by atoms with E-state index >= 15 is 0 Å². The van der Waals surface area contributed by atoms with Crippen LogP contribution in [-0.4, -0.2) is 36.5 Å². The lowest BCUT2D eigenvalue weighted by atomic mass is 10.1. The topological polar surface area (TPSA) is 125 Å². The van der Waals surface area contributed by atoms with E-state index in [0.717, 1.165) is 0 Å². The summed E-state index contributed by atoms with van der Waals surface area (Å²) in [6.07, 6.45) is 0. The fraction of sp³-hybridized carbons (Fsp3) is 0.273. The molecule has 0 heterocycles. The predicted octanol–water partition coefficient (Wildman–Crippen LogP) is 0.105. The number of amides is 2. The molecule has 8 nitrogen and oxygen atoms in total. The van der Waals surface area contributed by atoms with Crippen LogP contribution in [0.4, 0.5) is 14.5 Å². The molecule has 0 spiro atoms. The molecule has 0 aromatic heterocycles. The number of halogens is 2. The van der Waals surface area contributed by atoms with Crippen LogP contribution >= 0.6 is 0 Å². The summed E-state index contributed by atoms with van der Waals surface area (Å²) in [6, 6.07) is 0.765. The minimum Gasteiger partial charge on any atom is -0.370 e. The van der Waals surface area contributed by atoms with Crippen molar-refractivity contribution in [2.75, 3.05) is 19.8 Å². The molecule has 1 rings (SSSR count). The van der Waals surface area contributed by atoms with Crippen molar-refractivity contribution in [2.24, 2.45) is 5.73 Å². The van der Waals surface area contributed by atoms with Gasteiger partial charge in [-0.25, -0.2) is 4.39 Å². The number of nitrogens with zero attached hydrogens (tertiary/aromatic N) is 1. The average Bonchev–Trinajstić information content (AvgIpc) is 2.39. The molecule has 3 N–H and O–H groups in total. The van der Waals surface area contributed by atoms with Gasteiger partial charge in [0.05, 0.1) is 23.2 Å². The minimum absolute atomic E-state index is 0.0637. The number of benzene rings is 1. The number of primary amides is 1. The Bertz CT molecular complexity index is 579. The van der Waals surface area contributed by atoms with E-state index in [1.54, 1.807) is 0 Å². The van der Waals surface area contributed by atoms with E-state index < -0.39 is 39.6 Å². The molecule has 0 saturated carbocycles. The summed E-state index contributed by atoms with van der Waals surface area (Å²) in [4.78, 5) is 31.2. The zero-order chi connectivity index (χ0) is 16.0. The number of ether oxygens (including phenoxy) is 1. The van der Waals surface area contributed by atoms with Gasteiger partial charge in [0, 0.05) is 6.54 Å². The highest BCUT2D eigenvalue weighted by Gasteiger charge is 2.21. The Morgan fingerprint density at radius 3 is 2.57 bits per heavy atom. The van der Waals surface area contributed by atoms with E-state index in [1.165, 1.54) is 0 Å². The van der Waals surface area contributed by atoms with E-state index in [2.05, 4.69) is 5.32 Å². The molecular formula is C11H11F2N3O5. The number of carbonyl (C=O) groups excluding carboxylic acids is 2.